The molecule has 0 amide bonds. The standard InChI is InChI=1S/C31H37N7O2/c1-17(2)25-27(18(3)9-10-33-25)38-29-24(28(35-31(38)40)37-12-11-32-15-20(37)5)14-23(21-7-8-21)26(34-29)22-13-19(4)30(39)36(6)16-22/h9-10,13-14,16-17,20-21,32H,7-8,11-12,15H2,1-6H3/t20-/m0/s1. The molecular formula is C31H37N7O2. The van der Waals surface area contributed by atoms with Crippen LogP contribution in [0.25, 0.3) is 28.0 Å². The van der Waals surface area contributed by atoms with E-state index >= 15 is 0 Å². The zero-order valence-electron chi connectivity index (χ0n) is 24.2. The lowest BCUT2D eigenvalue weighted by atomic mass is 10.00. The van der Waals surface area contributed by atoms with Gasteiger partial charge in [0, 0.05) is 56.2 Å². The van der Waals surface area contributed by atoms with E-state index in [1.165, 1.54) is 0 Å². The quantitative estimate of drug-likeness (QED) is 0.410. The summed E-state index contributed by atoms with van der Waals surface area (Å²) in [5.74, 6) is 1.18. The molecule has 9 heteroatoms. The van der Waals surface area contributed by atoms with Crippen LogP contribution >= 0.6 is 0 Å². The highest BCUT2D eigenvalue weighted by molar-refractivity contribution is 5.91. The molecule has 1 atom stereocenters. The minimum Gasteiger partial charge on any atom is -0.351 e. The van der Waals surface area contributed by atoms with Gasteiger partial charge in [-0.1, -0.05) is 13.8 Å². The van der Waals surface area contributed by atoms with E-state index in [-0.39, 0.29) is 23.2 Å². The van der Waals surface area contributed by atoms with Gasteiger partial charge in [-0.05, 0) is 74.8 Å². The molecule has 1 saturated carbocycles. The Hall–Kier alpha value is -3.85. The van der Waals surface area contributed by atoms with Crippen LogP contribution < -0.4 is 21.5 Å². The lowest BCUT2D eigenvalue weighted by molar-refractivity contribution is 0.497. The SMILES string of the molecule is Cc1ccnc(C(C)C)c1-n1c(=O)nc(N2CCNC[C@@H]2C)c2cc(C3CC3)c(-c3cc(C)c(=O)n(C)c3)nc21. The van der Waals surface area contributed by atoms with Gasteiger partial charge in [-0.3, -0.25) is 9.78 Å². The van der Waals surface area contributed by atoms with Gasteiger partial charge in [-0.15, -0.1) is 0 Å². The first kappa shape index (κ1) is 26.4. The van der Waals surface area contributed by atoms with Crippen molar-refractivity contribution in [2.45, 2.75) is 65.3 Å². The van der Waals surface area contributed by atoms with Crippen molar-refractivity contribution in [2.24, 2.45) is 7.05 Å². The summed E-state index contributed by atoms with van der Waals surface area (Å²) < 4.78 is 3.28. The highest BCUT2D eigenvalue weighted by Gasteiger charge is 2.32. The Morgan fingerprint density at radius 2 is 1.85 bits per heavy atom. The van der Waals surface area contributed by atoms with Gasteiger partial charge in [0.2, 0.25) is 0 Å². The smallest absolute Gasteiger partial charge is 0.351 e. The molecule has 0 aromatic carbocycles. The molecule has 5 heterocycles. The number of fused-ring (bicyclic) bond motifs is 1. The van der Waals surface area contributed by atoms with E-state index in [1.807, 2.05) is 32.2 Å². The van der Waals surface area contributed by atoms with Crippen LogP contribution in [0.2, 0.25) is 0 Å². The van der Waals surface area contributed by atoms with E-state index in [4.69, 9.17) is 9.97 Å². The maximum Gasteiger partial charge on any atom is 0.355 e. The molecule has 4 aromatic rings. The number of anilines is 1. The summed E-state index contributed by atoms with van der Waals surface area (Å²) in [6.45, 7) is 12.6. The van der Waals surface area contributed by atoms with Crippen LogP contribution in [-0.4, -0.2) is 49.8 Å². The molecule has 2 fully saturated rings. The summed E-state index contributed by atoms with van der Waals surface area (Å²) in [6, 6.07) is 6.24. The maximum atomic E-state index is 14.1. The second kappa shape index (κ2) is 9.96. The Labute approximate surface area is 233 Å². The lowest BCUT2D eigenvalue weighted by Crippen LogP contribution is -2.50. The van der Waals surface area contributed by atoms with Gasteiger partial charge in [0.1, 0.15) is 5.82 Å². The van der Waals surface area contributed by atoms with Gasteiger partial charge in [0.25, 0.3) is 5.56 Å². The Kier molecular flexibility index (Phi) is 6.57. The van der Waals surface area contributed by atoms with E-state index in [9.17, 15) is 9.59 Å². The Morgan fingerprint density at radius 3 is 2.52 bits per heavy atom. The Morgan fingerprint density at radius 1 is 1.07 bits per heavy atom. The molecule has 1 N–H and O–H groups in total. The van der Waals surface area contributed by atoms with Crippen LogP contribution in [0.1, 0.15) is 67.8 Å². The summed E-state index contributed by atoms with van der Waals surface area (Å²) in [7, 11) is 1.77. The molecule has 1 aliphatic heterocycles. The van der Waals surface area contributed by atoms with Gasteiger partial charge < -0.3 is 14.8 Å². The van der Waals surface area contributed by atoms with Crippen molar-refractivity contribution in [3.05, 3.63) is 73.8 Å². The van der Waals surface area contributed by atoms with Crippen molar-refractivity contribution < 1.29 is 0 Å². The van der Waals surface area contributed by atoms with Gasteiger partial charge >= 0.3 is 5.69 Å². The molecule has 1 aliphatic carbocycles. The molecule has 208 valence electrons. The normalized spacial score (nSPS) is 17.7. The zero-order chi connectivity index (χ0) is 28.3. The van der Waals surface area contributed by atoms with Gasteiger partial charge in [0.05, 0.1) is 22.5 Å². The Bertz CT molecular complexity index is 1720. The third kappa shape index (κ3) is 4.42. The third-order valence-corrected chi connectivity index (χ3v) is 8.23. The minimum absolute atomic E-state index is 0.0267. The topological polar surface area (TPSA) is 97.9 Å². The average molecular weight is 540 g/mol. The first-order valence-corrected chi connectivity index (χ1v) is 14.2. The first-order valence-electron chi connectivity index (χ1n) is 14.2. The fourth-order valence-electron chi connectivity index (χ4n) is 5.95. The van der Waals surface area contributed by atoms with E-state index in [1.54, 1.807) is 22.4 Å². The fourth-order valence-corrected chi connectivity index (χ4v) is 5.95. The number of hydrogen-bond acceptors (Lipinski definition) is 7. The number of nitrogens with one attached hydrogen (secondary N) is 1. The average Bonchev–Trinajstić information content (AvgIpc) is 3.77. The molecule has 9 nitrogen and oxygen atoms in total. The predicted octanol–water partition coefficient (Wildman–Crippen LogP) is 3.96. The van der Waals surface area contributed by atoms with Crippen molar-refractivity contribution in [1.29, 1.82) is 0 Å². The molecule has 4 aromatic heterocycles. The highest BCUT2D eigenvalue weighted by atomic mass is 16.1. The molecule has 0 spiro atoms. The van der Waals surface area contributed by atoms with Crippen LogP contribution in [-0.2, 0) is 7.05 Å². The molecular weight excluding hydrogens is 502 g/mol. The number of pyridine rings is 3. The number of piperazine rings is 1. The zero-order valence-corrected chi connectivity index (χ0v) is 24.2. The molecule has 0 bridgehead atoms. The summed E-state index contributed by atoms with van der Waals surface area (Å²) in [6.07, 6.45) is 5.84. The van der Waals surface area contributed by atoms with Crippen molar-refractivity contribution in [3.63, 3.8) is 0 Å². The third-order valence-electron chi connectivity index (χ3n) is 8.23. The molecule has 6 rings (SSSR count). The molecule has 1 saturated heterocycles. The van der Waals surface area contributed by atoms with E-state index < -0.39 is 0 Å². The monoisotopic (exact) mass is 539 g/mol. The largest absolute Gasteiger partial charge is 0.355 e. The van der Waals surface area contributed by atoms with Gasteiger partial charge in [-0.2, -0.15) is 4.98 Å². The summed E-state index contributed by atoms with van der Waals surface area (Å²) in [4.78, 5) is 43.6. The second-order valence-corrected chi connectivity index (χ2v) is 11.7. The molecule has 0 unspecified atom stereocenters. The molecule has 0 radical (unpaired) electrons. The van der Waals surface area contributed by atoms with Crippen molar-refractivity contribution in [1.82, 2.24) is 29.4 Å². The van der Waals surface area contributed by atoms with Crippen molar-refractivity contribution >= 4 is 16.9 Å². The highest BCUT2D eigenvalue weighted by Crippen LogP contribution is 2.45. The number of aryl methyl sites for hydroxylation is 3. The number of aromatic nitrogens is 5. The number of rotatable bonds is 5. The van der Waals surface area contributed by atoms with Crippen molar-refractivity contribution in [2.75, 3.05) is 24.5 Å². The van der Waals surface area contributed by atoms with E-state index in [2.05, 4.69) is 42.0 Å². The van der Waals surface area contributed by atoms with Crippen LogP contribution in [0.4, 0.5) is 5.82 Å². The van der Waals surface area contributed by atoms with Gasteiger partial charge in [0.15, 0.2) is 5.65 Å². The van der Waals surface area contributed by atoms with Crippen molar-refractivity contribution in [3.8, 4) is 16.9 Å². The minimum atomic E-state index is -0.361. The maximum absolute atomic E-state index is 14.1. The van der Waals surface area contributed by atoms with Crippen LogP contribution in [0.5, 0.6) is 0 Å². The van der Waals surface area contributed by atoms with Gasteiger partial charge in [-0.25, -0.2) is 14.3 Å². The Balaban J connectivity index is 1.74. The van der Waals surface area contributed by atoms with E-state index in [0.717, 1.165) is 71.6 Å². The van der Waals surface area contributed by atoms with Crippen LogP contribution in [0.3, 0.4) is 0 Å². The predicted molar refractivity (Wildman–Crippen MR) is 159 cm³/mol. The summed E-state index contributed by atoms with van der Waals surface area (Å²) >= 11 is 0. The number of nitrogens with zero attached hydrogens (tertiary/aromatic N) is 6. The summed E-state index contributed by atoms with van der Waals surface area (Å²) in [5, 5.41) is 4.32. The van der Waals surface area contributed by atoms with E-state index in [0.29, 0.717) is 22.9 Å². The van der Waals surface area contributed by atoms with Crippen LogP contribution in [0.15, 0.2) is 40.2 Å². The second-order valence-electron chi connectivity index (χ2n) is 11.7. The first-order chi connectivity index (χ1) is 19.2. The lowest BCUT2D eigenvalue weighted by Gasteiger charge is -2.35. The fraction of sp³-hybridized carbons (Fsp3) is 0.452. The number of hydrogen-bond donors (Lipinski definition) is 1. The summed E-state index contributed by atoms with van der Waals surface area (Å²) in [5.41, 5.74) is 6.22. The molecule has 40 heavy (non-hydrogen) atoms. The molecule has 2 aliphatic rings. The van der Waals surface area contributed by atoms with Crippen LogP contribution in [0, 0.1) is 13.8 Å².